The van der Waals surface area contributed by atoms with Crippen LogP contribution in [0.25, 0.3) is 0 Å². The third-order valence-corrected chi connectivity index (χ3v) is 2.34. The van der Waals surface area contributed by atoms with Crippen LogP contribution in [0.15, 0.2) is 0 Å². The highest BCUT2D eigenvalue weighted by Crippen LogP contribution is 2.20. The van der Waals surface area contributed by atoms with Crippen molar-refractivity contribution in [2.75, 3.05) is 19.6 Å². The molecule has 0 aliphatic carbocycles. The van der Waals surface area contributed by atoms with Crippen LogP contribution >= 0.6 is 0 Å². The van der Waals surface area contributed by atoms with Crippen LogP contribution in [0.4, 0.5) is 4.79 Å². The molecule has 0 atom stereocenters. The molecule has 1 aliphatic rings. The van der Waals surface area contributed by atoms with E-state index >= 15 is 0 Å². The van der Waals surface area contributed by atoms with Crippen LogP contribution in [0.1, 0.15) is 12.8 Å². The van der Waals surface area contributed by atoms with Crippen molar-refractivity contribution >= 4 is 6.09 Å². The zero-order chi connectivity index (χ0) is 9.19. The lowest BCUT2D eigenvalue weighted by Crippen LogP contribution is -2.49. The van der Waals surface area contributed by atoms with Gasteiger partial charge in [0.15, 0.2) is 0 Å². The van der Waals surface area contributed by atoms with Gasteiger partial charge in [-0.3, -0.25) is 0 Å². The first kappa shape index (κ1) is 9.28. The Morgan fingerprint density at radius 3 is 2.33 bits per heavy atom. The summed E-state index contributed by atoms with van der Waals surface area (Å²) in [6.45, 7) is 0.965. The first-order valence-electron chi connectivity index (χ1n) is 3.98. The number of hydrogen-bond acceptors (Lipinski definition) is 3. The summed E-state index contributed by atoms with van der Waals surface area (Å²) in [4.78, 5) is 11.8. The molecule has 0 aromatic carbocycles. The van der Waals surface area contributed by atoms with Gasteiger partial charge in [0, 0.05) is 19.6 Å². The molecular weight excluding hydrogens is 160 g/mol. The van der Waals surface area contributed by atoms with Gasteiger partial charge < -0.3 is 20.8 Å². The molecule has 1 rings (SSSR count). The van der Waals surface area contributed by atoms with Crippen LogP contribution in [0.5, 0.6) is 0 Å². The minimum absolute atomic E-state index is 0.209. The second kappa shape index (κ2) is 3.28. The van der Waals surface area contributed by atoms with Gasteiger partial charge in [-0.05, 0) is 12.8 Å². The molecule has 0 unspecified atom stereocenters. The molecule has 1 saturated heterocycles. The standard InChI is InChI=1S/C7H14N2O3/c8-5-7(12)1-3-9(4-2-7)6(10)11/h12H,1-5,8H2,(H,10,11). The first-order valence-corrected chi connectivity index (χ1v) is 3.98. The van der Waals surface area contributed by atoms with E-state index in [1.54, 1.807) is 0 Å². The van der Waals surface area contributed by atoms with Crippen molar-refractivity contribution in [2.24, 2.45) is 5.73 Å². The number of nitrogens with two attached hydrogens (primary N) is 1. The Bertz CT molecular complexity index is 175. The third-order valence-electron chi connectivity index (χ3n) is 2.34. The van der Waals surface area contributed by atoms with Crippen molar-refractivity contribution < 1.29 is 15.0 Å². The Hall–Kier alpha value is -0.810. The molecule has 0 aromatic heterocycles. The molecule has 0 saturated carbocycles. The van der Waals surface area contributed by atoms with Crippen molar-refractivity contribution in [3.05, 3.63) is 0 Å². The largest absolute Gasteiger partial charge is 0.465 e. The molecular formula is C7H14N2O3. The first-order chi connectivity index (χ1) is 5.57. The molecule has 5 heteroatoms. The number of carboxylic acid groups (broad SMARTS) is 1. The molecule has 0 spiro atoms. The van der Waals surface area contributed by atoms with E-state index in [1.165, 1.54) is 4.90 Å². The lowest BCUT2D eigenvalue weighted by atomic mass is 9.92. The van der Waals surface area contributed by atoms with Crippen LogP contribution in [0.3, 0.4) is 0 Å². The molecule has 1 heterocycles. The highest BCUT2D eigenvalue weighted by Gasteiger charge is 2.32. The number of carbonyl (C=O) groups is 1. The van der Waals surface area contributed by atoms with Gasteiger partial charge in [-0.1, -0.05) is 0 Å². The molecule has 12 heavy (non-hydrogen) atoms. The predicted octanol–water partition coefficient (Wildman–Crippen LogP) is -0.550. The van der Waals surface area contributed by atoms with E-state index in [0.29, 0.717) is 25.9 Å². The highest BCUT2D eigenvalue weighted by atomic mass is 16.4. The SMILES string of the molecule is NCC1(O)CCN(C(=O)O)CC1. The summed E-state index contributed by atoms with van der Waals surface area (Å²) in [5, 5.41) is 18.2. The summed E-state index contributed by atoms with van der Waals surface area (Å²) in [6.07, 6.45) is -0.0416. The zero-order valence-corrected chi connectivity index (χ0v) is 6.86. The van der Waals surface area contributed by atoms with E-state index in [4.69, 9.17) is 10.8 Å². The number of amides is 1. The van der Waals surface area contributed by atoms with Crippen LogP contribution < -0.4 is 5.73 Å². The van der Waals surface area contributed by atoms with E-state index in [9.17, 15) is 9.90 Å². The van der Waals surface area contributed by atoms with Gasteiger partial charge in [-0.25, -0.2) is 4.79 Å². The van der Waals surface area contributed by atoms with Gasteiger partial charge in [0.2, 0.25) is 0 Å². The van der Waals surface area contributed by atoms with Crippen molar-refractivity contribution in [2.45, 2.75) is 18.4 Å². The lowest BCUT2D eigenvalue weighted by Gasteiger charge is -2.35. The second-order valence-electron chi connectivity index (χ2n) is 3.20. The number of aliphatic hydroxyl groups is 1. The Morgan fingerprint density at radius 1 is 1.50 bits per heavy atom. The highest BCUT2D eigenvalue weighted by molar-refractivity contribution is 5.65. The maximum atomic E-state index is 10.5. The Morgan fingerprint density at radius 2 is 2.00 bits per heavy atom. The van der Waals surface area contributed by atoms with Gasteiger partial charge in [0.05, 0.1) is 5.60 Å². The van der Waals surface area contributed by atoms with Gasteiger partial charge in [-0.2, -0.15) is 0 Å². The molecule has 1 aliphatic heterocycles. The van der Waals surface area contributed by atoms with Crippen LogP contribution in [-0.2, 0) is 0 Å². The molecule has 5 nitrogen and oxygen atoms in total. The molecule has 1 fully saturated rings. The summed E-state index contributed by atoms with van der Waals surface area (Å²) in [7, 11) is 0. The van der Waals surface area contributed by atoms with Crippen molar-refractivity contribution in [1.82, 2.24) is 4.90 Å². The van der Waals surface area contributed by atoms with Gasteiger partial charge in [-0.15, -0.1) is 0 Å². The van der Waals surface area contributed by atoms with Crippen molar-refractivity contribution in [3.8, 4) is 0 Å². The Balaban J connectivity index is 2.44. The predicted molar refractivity (Wildman–Crippen MR) is 42.8 cm³/mol. The average Bonchev–Trinajstić information content (AvgIpc) is 2.05. The molecule has 0 radical (unpaired) electrons. The van der Waals surface area contributed by atoms with Crippen LogP contribution in [0.2, 0.25) is 0 Å². The normalized spacial score (nSPS) is 22.3. The maximum Gasteiger partial charge on any atom is 0.407 e. The monoisotopic (exact) mass is 174 g/mol. The zero-order valence-electron chi connectivity index (χ0n) is 6.86. The summed E-state index contributed by atoms with van der Waals surface area (Å²) < 4.78 is 0. The van der Waals surface area contributed by atoms with E-state index < -0.39 is 11.7 Å². The number of hydrogen-bond donors (Lipinski definition) is 3. The summed E-state index contributed by atoms with van der Waals surface area (Å²) >= 11 is 0. The van der Waals surface area contributed by atoms with Crippen molar-refractivity contribution in [3.63, 3.8) is 0 Å². The average molecular weight is 174 g/mol. The minimum Gasteiger partial charge on any atom is -0.465 e. The molecule has 0 aromatic rings. The van der Waals surface area contributed by atoms with Gasteiger partial charge in [0.1, 0.15) is 0 Å². The maximum absolute atomic E-state index is 10.5. The fourth-order valence-electron chi connectivity index (χ4n) is 1.32. The smallest absolute Gasteiger partial charge is 0.407 e. The van der Waals surface area contributed by atoms with Crippen LogP contribution in [0, 0.1) is 0 Å². The second-order valence-corrected chi connectivity index (χ2v) is 3.20. The fourth-order valence-corrected chi connectivity index (χ4v) is 1.32. The number of likely N-dealkylation sites (tertiary alicyclic amines) is 1. The lowest BCUT2D eigenvalue weighted by molar-refractivity contribution is -0.00915. The van der Waals surface area contributed by atoms with Gasteiger partial charge >= 0.3 is 6.09 Å². The molecule has 0 bridgehead atoms. The minimum atomic E-state index is -0.922. The summed E-state index contributed by atoms with van der Waals surface area (Å²) in [6, 6.07) is 0. The number of piperidine rings is 1. The molecule has 70 valence electrons. The summed E-state index contributed by atoms with van der Waals surface area (Å²) in [5.41, 5.74) is 4.50. The van der Waals surface area contributed by atoms with E-state index in [2.05, 4.69) is 0 Å². The number of rotatable bonds is 1. The molecule has 4 N–H and O–H groups in total. The van der Waals surface area contributed by atoms with E-state index in [-0.39, 0.29) is 6.54 Å². The fraction of sp³-hybridized carbons (Fsp3) is 0.857. The Labute approximate surface area is 70.8 Å². The Kier molecular flexibility index (Phi) is 2.54. The molecule has 1 amide bonds. The van der Waals surface area contributed by atoms with Crippen LogP contribution in [-0.4, -0.2) is 46.4 Å². The van der Waals surface area contributed by atoms with E-state index in [0.717, 1.165) is 0 Å². The van der Waals surface area contributed by atoms with Crippen molar-refractivity contribution in [1.29, 1.82) is 0 Å². The summed E-state index contributed by atoms with van der Waals surface area (Å²) in [5.74, 6) is 0. The number of nitrogens with zero attached hydrogens (tertiary/aromatic N) is 1. The van der Waals surface area contributed by atoms with E-state index in [1.807, 2.05) is 0 Å². The quantitative estimate of drug-likeness (QED) is 0.497. The topological polar surface area (TPSA) is 86.8 Å². The third kappa shape index (κ3) is 1.86. The van der Waals surface area contributed by atoms with Gasteiger partial charge in [0.25, 0.3) is 0 Å².